The van der Waals surface area contributed by atoms with Crippen LogP contribution in [-0.2, 0) is 4.74 Å². The van der Waals surface area contributed by atoms with Crippen LogP contribution < -0.4 is 10.6 Å². The van der Waals surface area contributed by atoms with Gasteiger partial charge in [-0.25, -0.2) is 4.79 Å². The predicted octanol–water partition coefficient (Wildman–Crippen LogP) is 2.06. The highest BCUT2D eigenvalue weighted by Gasteiger charge is 2.42. The van der Waals surface area contributed by atoms with Gasteiger partial charge in [-0.3, -0.25) is 4.90 Å². The third kappa shape index (κ3) is 4.75. The summed E-state index contributed by atoms with van der Waals surface area (Å²) in [4.78, 5) is 14.5. The molecule has 0 aromatic heterocycles. The van der Waals surface area contributed by atoms with Crippen LogP contribution in [-0.4, -0.2) is 60.5 Å². The van der Waals surface area contributed by atoms with E-state index in [1.54, 1.807) is 0 Å². The molecule has 3 atom stereocenters. The topological polar surface area (TPSA) is 73.8 Å². The summed E-state index contributed by atoms with van der Waals surface area (Å²) in [6, 6.07) is 9.11. The summed E-state index contributed by atoms with van der Waals surface area (Å²) in [6.07, 6.45) is 4.36. The Hall–Kier alpha value is -1.63. The Balaban J connectivity index is 1.26. The molecule has 6 nitrogen and oxygen atoms in total. The molecule has 26 heavy (non-hydrogen) atoms. The molecule has 3 N–H and O–H groups in total. The Bertz CT molecular complexity index is 590. The summed E-state index contributed by atoms with van der Waals surface area (Å²) < 4.78 is 5.83. The highest BCUT2D eigenvalue weighted by atomic mass is 16.5. The molecule has 3 aliphatic rings. The zero-order chi connectivity index (χ0) is 17.9. The molecule has 142 valence electrons. The average molecular weight is 359 g/mol. The standard InChI is InChI=1S/C20H29N3O3/c24-19-17(23(11-14-6-7-14)12-15-8-9-15)13-26-18(19)10-21-20(25)22-16-4-2-1-3-5-16/h1-5,14-15,17-19,24H,6-13H2,(H2,21,22,25)/t17-,18-,19+/m1/s1. The molecule has 1 aliphatic heterocycles. The fraction of sp³-hybridized carbons (Fsp3) is 0.650. The van der Waals surface area contributed by atoms with Crippen molar-refractivity contribution in [3.8, 4) is 0 Å². The van der Waals surface area contributed by atoms with Crippen LogP contribution in [0.1, 0.15) is 25.7 Å². The van der Waals surface area contributed by atoms with Crippen molar-refractivity contribution in [3.63, 3.8) is 0 Å². The summed E-state index contributed by atoms with van der Waals surface area (Å²) >= 11 is 0. The lowest BCUT2D eigenvalue weighted by atomic mass is 10.1. The molecular weight excluding hydrogens is 330 g/mol. The van der Waals surface area contributed by atoms with Gasteiger partial charge in [0.1, 0.15) is 6.10 Å². The van der Waals surface area contributed by atoms with E-state index < -0.39 is 6.10 Å². The molecule has 1 saturated heterocycles. The van der Waals surface area contributed by atoms with Gasteiger partial charge in [0.25, 0.3) is 0 Å². The van der Waals surface area contributed by atoms with Crippen LogP contribution in [0.4, 0.5) is 10.5 Å². The Morgan fingerprint density at radius 2 is 1.77 bits per heavy atom. The normalized spacial score (nSPS) is 28.3. The van der Waals surface area contributed by atoms with E-state index in [0.29, 0.717) is 13.2 Å². The zero-order valence-electron chi connectivity index (χ0n) is 15.1. The lowest BCUT2D eigenvalue weighted by Crippen LogP contribution is -2.48. The molecule has 1 aromatic carbocycles. The lowest BCUT2D eigenvalue weighted by molar-refractivity contribution is 0.0330. The molecule has 0 bridgehead atoms. The third-order valence-electron chi connectivity index (χ3n) is 5.60. The number of amides is 2. The van der Waals surface area contributed by atoms with Crippen LogP contribution >= 0.6 is 0 Å². The first-order chi connectivity index (χ1) is 12.7. The average Bonchev–Trinajstić information content (AvgIpc) is 3.56. The van der Waals surface area contributed by atoms with Crippen molar-refractivity contribution in [2.24, 2.45) is 11.8 Å². The molecule has 0 unspecified atom stereocenters. The summed E-state index contributed by atoms with van der Waals surface area (Å²) in [5.41, 5.74) is 0.746. The van der Waals surface area contributed by atoms with Gasteiger partial charge in [0.2, 0.25) is 0 Å². The van der Waals surface area contributed by atoms with E-state index in [-0.39, 0.29) is 18.2 Å². The number of nitrogens with one attached hydrogen (secondary N) is 2. The van der Waals surface area contributed by atoms with Crippen LogP contribution in [0.5, 0.6) is 0 Å². The van der Waals surface area contributed by atoms with E-state index in [1.165, 1.54) is 25.7 Å². The first-order valence-corrected chi connectivity index (χ1v) is 9.82. The molecule has 2 amide bonds. The second kappa shape index (κ2) is 7.94. The molecule has 1 heterocycles. The molecule has 0 spiro atoms. The number of anilines is 1. The number of nitrogens with zero attached hydrogens (tertiary/aromatic N) is 1. The highest BCUT2D eigenvalue weighted by Crippen LogP contribution is 2.36. The fourth-order valence-corrected chi connectivity index (χ4v) is 3.67. The number of carbonyl (C=O) groups excluding carboxylic acids is 1. The van der Waals surface area contributed by atoms with Gasteiger partial charge >= 0.3 is 6.03 Å². The van der Waals surface area contributed by atoms with E-state index in [9.17, 15) is 9.90 Å². The quantitative estimate of drug-likeness (QED) is 0.664. The van der Waals surface area contributed by atoms with E-state index in [2.05, 4.69) is 15.5 Å². The number of carbonyl (C=O) groups is 1. The molecule has 2 aliphatic carbocycles. The van der Waals surface area contributed by atoms with Gasteiger partial charge < -0.3 is 20.5 Å². The van der Waals surface area contributed by atoms with Gasteiger partial charge in [0.15, 0.2) is 0 Å². The van der Waals surface area contributed by atoms with Gasteiger partial charge in [0.05, 0.1) is 18.8 Å². The molecule has 3 fully saturated rings. The van der Waals surface area contributed by atoms with Gasteiger partial charge in [0, 0.05) is 25.3 Å². The second-order valence-corrected chi connectivity index (χ2v) is 7.97. The molecular formula is C20H29N3O3. The SMILES string of the molecule is O=C(NC[C@H]1OC[C@@H](N(CC2CC2)CC2CC2)[C@@H]1O)Nc1ccccc1. The lowest BCUT2D eigenvalue weighted by Gasteiger charge is -2.30. The summed E-state index contributed by atoms with van der Waals surface area (Å²) in [5, 5.41) is 16.4. The maximum Gasteiger partial charge on any atom is 0.319 e. The minimum Gasteiger partial charge on any atom is -0.389 e. The Morgan fingerprint density at radius 3 is 2.38 bits per heavy atom. The Labute approximate surface area is 154 Å². The van der Waals surface area contributed by atoms with Gasteiger partial charge in [-0.1, -0.05) is 18.2 Å². The number of aliphatic hydroxyl groups is 1. The predicted molar refractivity (Wildman–Crippen MR) is 100 cm³/mol. The first-order valence-electron chi connectivity index (χ1n) is 9.82. The minimum atomic E-state index is -0.551. The van der Waals surface area contributed by atoms with Crippen molar-refractivity contribution in [3.05, 3.63) is 30.3 Å². The third-order valence-corrected chi connectivity index (χ3v) is 5.60. The maximum atomic E-state index is 12.0. The molecule has 4 rings (SSSR count). The summed E-state index contributed by atoms with van der Waals surface area (Å²) in [6.45, 7) is 3.02. The number of hydrogen-bond donors (Lipinski definition) is 3. The maximum absolute atomic E-state index is 12.0. The molecule has 6 heteroatoms. The van der Waals surface area contributed by atoms with Crippen LogP contribution in [0.25, 0.3) is 0 Å². The monoisotopic (exact) mass is 359 g/mol. The van der Waals surface area contributed by atoms with E-state index in [0.717, 1.165) is 30.6 Å². The molecule has 1 aromatic rings. The number of rotatable bonds is 8. The van der Waals surface area contributed by atoms with Crippen molar-refractivity contribution >= 4 is 11.7 Å². The van der Waals surface area contributed by atoms with Crippen molar-refractivity contribution in [1.29, 1.82) is 0 Å². The van der Waals surface area contributed by atoms with Crippen LogP contribution in [0.3, 0.4) is 0 Å². The Morgan fingerprint density at radius 1 is 1.12 bits per heavy atom. The van der Waals surface area contributed by atoms with Crippen LogP contribution in [0.2, 0.25) is 0 Å². The van der Waals surface area contributed by atoms with E-state index in [4.69, 9.17) is 4.74 Å². The summed E-state index contributed by atoms with van der Waals surface area (Å²) in [5.74, 6) is 1.60. The Kier molecular flexibility index (Phi) is 5.43. The van der Waals surface area contributed by atoms with Crippen molar-refractivity contribution < 1.29 is 14.6 Å². The fourth-order valence-electron chi connectivity index (χ4n) is 3.67. The summed E-state index contributed by atoms with van der Waals surface area (Å²) in [7, 11) is 0. The molecule has 2 saturated carbocycles. The van der Waals surface area contributed by atoms with Crippen molar-refractivity contribution in [1.82, 2.24) is 10.2 Å². The largest absolute Gasteiger partial charge is 0.389 e. The number of ether oxygens (including phenoxy) is 1. The second-order valence-electron chi connectivity index (χ2n) is 7.97. The number of aliphatic hydroxyl groups excluding tert-OH is 1. The minimum absolute atomic E-state index is 0.0557. The number of benzene rings is 1. The van der Waals surface area contributed by atoms with Gasteiger partial charge in [-0.2, -0.15) is 0 Å². The number of hydrogen-bond acceptors (Lipinski definition) is 4. The van der Waals surface area contributed by atoms with Crippen LogP contribution in [0, 0.1) is 11.8 Å². The van der Waals surface area contributed by atoms with Crippen molar-refractivity contribution in [2.75, 3.05) is 31.6 Å². The van der Waals surface area contributed by atoms with Crippen LogP contribution in [0.15, 0.2) is 30.3 Å². The van der Waals surface area contributed by atoms with Gasteiger partial charge in [-0.05, 0) is 49.7 Å². The zero-order valence-corrected chi connectivity index (χ0v) is 15.1. The highest BCUT2D eigenvalue weighted by molar-refractivity contribution is 5.89. The molecule has 0 radical (unpaired) electrons. The van der Waals surface area contributed by atoms with E-state index in [1.807, 2.05) is 30.3 Å². The smallest absolute Gasteiger partial charge is 0.319 e. The van der Waals surface area contributed by atoms with Gasteiger partial charge in [-0.15, -0.1) is 0 Å². The van der Waals surface area contributed by atoms with E-state index >= 15 is 0 Å². The first kappa shape index (κ1) is 17.8. The number of para-hydroxylation sites is 1. The number of urea groups is 1. The van der Waals surface area contributed by atoms with Crippen molar-refractivity contribution in [2.45, 2.75) is 43.9 Å².